The summed E-state index contributed by atoms with van der Waals surface area (Å²) in [7, 11) is 0. The molecular weight excluding hydrogens is 310 g/mol. The van der Waals surface area contributed by atoms with E-state index >= 15 is 0 Å². The van der Waals surface area contributed by atoms with Crippen molar-refractivity contribution in [1.82, 2.24) is 0 Å². The third-order valence-corrected chi connectivity index (χ3v) is 5.10. The summed E-state index contributed by atoms with van der Waals surface area (Å²) < 4.78 is 5.98. The molecule has 4 rings (SSSR count). The van der Waals surface area contributed by atoms with Gasteiger partial charge in [-0.1, -0.05) is 49.1 Å². The van der Waals surface area contributed by atoms with Crippen LogP contribution in [0.25, 0.3) is 0 Å². The van der Waals surface area contributed by atoms with Gasteiger partial charge >= 0.3 is 0 Å². The number of nitrogens with one attached hydrogen (secondary N) is 1. The van der Waals surface area contributed by atoms with Crippen molar-refractivity contribution >= 4 is 5.69 Å². The molecular formula is C22H23NO2. The normalized spacial score (nSPS) is 23.5. The third-order valence-electron chi connectivity index (χ3n) is 5.10. The van der Waals surface area contributed by atoms with Gasteiger partial charge in [0.2, 0.25) is 0 Å². The number of fused-ring (bicyclic) bond motifs is 3. The van der Waals surface area contributed by atoms with E-state index in [9.17, 15) is 5.11 Å². The fourth-order valence-corrected chi connectivity index (χ4v) is 3.97. The molecule has 128 valence electrons. The molecule has 3 nitrogen and oxygen atoms in total. The van der Waals surface area contributed by atoms with E-state index in [0.717, 1.165) is 29.0 Å². The lowest BCUT2D eigenvalue weighted by atomic mass is 9.76. The van der Waals surface area contributed by atoms with Gasteiger partial charge in [-0.15, -0.1) is 0 Å². The first-order valence-electron chi connectivity index (χ1n) is 8.76. The predicted octanol–water partition coefficient (Wildman–Crippen LogP) is 5.17. The molecule has 0 spiro atoms. The smallest absolute Gasteiger partial charge is 0.143 e. The average molecular weight is 333 g/mol. The molecule has 0 bridgehead atoms. The minimum atomic E-state index is 0.0586. The van der Waals surface area contributed by atoms with Crippen molar-refractivity contribution in [2.45, 2.75) is 25.3 Å². The van der Waals surface area contributed by atoms with Crippen molar-refractivity contribution in [1.29, 1.82) is 0 Å². The van der Waals surface area contributed by atoms with Crippen LogP contribution in [0.2, 0.25) is 0 Å². The first-order valence-corrected chi connectivity index (χ1v) is 8.76. The van der Waals surface area contributed by atoms with E-state index in [0.29, 0.717) is 24.2 Å². The second kappa shape index (κ2) is 6.32. The van der Waals surface area contributed by atoms with Crippen molar-refractivity contribution in [2.24, 2.45) is 5.92 Å². The van der Waals surface area contributed by atoms with Crippen LogP contribution < -0.4 is 10.1 Å². The molecule has 3 heteroatoms. The van der Waals surface area contributed by atoms with Gasteiger partial charge in [-0.05, 0) is 42.5 Å². The van der Waals surface area contributed by atoms with Gasteiger partial charge in [-0.25, -0.2) is 0 Å². The number of anilines is 1. The lowest BCUT2D eigenvalue weighted by Gasteiger charge is -2.38. The zero-order chi connectivity index (χ0) is 17.4. The Morgan fingerprint density at radius 3 is 2.80 bits per heavy atom. The molecule has 2 aromatic rings. The zero-order valence-electron chi connectivity index (χ0n) is 14.4. The number of para-hydroxylation sites is 2. The van der Waals surface area contributed by atoms with Crippen LogP contribution in [0.1, 0.15) is 36.4 Å². The van der Waals surface area contributed by atoms with Crippen LogP contribution in [-0.4, -0.2) is 11.7 Å². The van der Waals surface area contributed by atoms with Crippen LogP contribution in [0.5, 0.6) is 11.5 Å². The number of hydrogen-bond donors (Lipinski definition) is 2. The maximum atomic E-state index is 10.4. The Bertz CT molecular complexity index is 840. The lowest BCUT2D eigenvalue weighted by Crippen LogP contribution is -2.29. The molecule has 1 aliphatic carbocycles. The molecule has 0 fully saturated rings. The molecule has 2 aromatic carbocycles. The van der Waals surface area contributed by atoms with Gasteiger partial charge in [0.15, 0.2) is 0 Å². The van der Waals surface area contributed by atoms with Crippen LogP contribution in [0, 0.1) is 5.92 Å². The summed E-state index contributed by atoms with van der Waals surface area (Å²) in [6.07, 6.45) is 5.55. The molecule has 25 heavy (non-hydrogen) atoms. The second-order valence-electron chi connectivity index (χ2n) is 7.00. The Morgan fingerprint density at radius 1 is 1.20 bits per heavy atom. The van der Waals surface area contributed by atoms with Crippen LogP contribution in [0.4, 0.5) is 5.69 Å². The van der Waals surface area contributed by atoms with Crippen LogP contribution in [-0.2, 0) is 0 Å². The van der Waals surface area contributed by atoms with E-state index in [1.807, 2.05) is 31.2 Å². The number of phenolic OH excluding ortho intramolecular Hbond substituents is 1. The topological polar surface area (TPSA) is 41.5 Å². The van der Waals surface area contributed by atoms with E-state index in [1.165, 1.54) is 5.56 Å². The number of rotatable bonds is 4. The van der Waals surface area contributed by atoms with E-state index < -0.39 is 0 Å². The SMILES string of the molecule is C=C(C)COc1cccc2c1NC(c1ccccc1O)C1CC=CC21. The van der Waals surface area contributed by atoms with Crippen LogP contribution >= 0.6 is 0 Å². The summed E-state index contributed by atoms with van der Waals surface area (Å²) >= 11 is 0. The third kappa shape index (κ3) is 2.80. The Labute approximate surface area is 148 Å². The number of ether oxygens (including phenoxy) is 1. The monoisotopic (exact) mass is 333 g/mol. The molecule has 0 saturated heterocycles. The van der Waals surface area contributed by atoms with Gasteiger partial charge in [0.1, 0.15) is 18.1 Å². The van der Waals surface area contributed by atoms with Crippen molar-refractivity contribution in [3.05, 3.63) is 77.9 Å². The molecule has 2 aliphatic rings. The molecule has 2 N–H and O–H groups in total. The van der Waals surface area contributed by atoms with Crippen LogP contribution in [0.3, 0.4) is 0 Å². The van der Waals surface area contributed by atoms with E-state index in [-0.39, 0.29) is 6.04 Å². The summed E-state index contributed by atoms with van der Waals surface area (Å²) in [6.45, 7) is 6.38. The van der Waals surface area contributed by atoms with Gasteiger partial charge in [0.05, 0.1) is 11.7 Å². The zero-order valence-corrected chi connectivity index (χ0v) is 14.4. The average Bonchev–Trinajstić information content (AvgIpc) is 3.10. The molecule has 3 atom stereocenters. The molecule has 0 aromatic heterocycles. The van der Waals surface area contributed by atoms with Crippen molar-refractivity contribution in [2.75, 3.05) is 11.9 Å². The fourth-order valence-electron chi connectivity index (χ4n) is 3.97. The Balaban J connectivity index is 1.76. The Kier molecular flexibility index (Phi) is 4.00. The number of hydrogen-bond acceptors (Lipinski definition) is 3. The summed E-state index contributed by atoms with van der Waals surface area (Å²) in [5.41, 5.74) is 4.24. The molecule has 0 amide bonds. The maximum absolute atomic E-state index is 10.4. The van der Waals surface area contributed by atoms with Crippen molar-refractivity contribution in [3.63, 3.8) is 0 Å². The maximum Gasteiger partial charge on any atom is 0.143 e. The van der Waals surface area contributed by atoms with Crippen LogP contribution in [0.15, 0.2) is 66.8 Å². The molecule has 1 heterocycles. The number of allylic oxidation sites excluding steroid dienone is 2. The summed E-state index contributed by atoms with van der Waals surface area (Å²) in [5, 5.41) is 14.0. The highest BCUT2D eigenvalue weighted by atomic mass is 16.5. The highest BCUT2D eigenvalue weighted by molar-refractivity contribution is 5.68. The van der Waals surface area contributed by atoms with Gasteiger partial charge in [0, 0.05) is 11.5 Å². The van der Waals surface area contributed by atoms with Crippen molar-refractivity contribution in [3.8, 4) is 11.5 Å². The van der Waals surface area contributed by atoms with Gasteiger partial charge < -0.3 is 15.2 Å². The fraction of sp³-hybridized carbons (Fsp3) is 0.273. The van der Waals surface area contributed by atoms with E-state index in [2.05, 4.69) is 36.2 Å². The number of benzene rings is 2. The number of aromatic hydroxyl groups is 1. The van der Waals surface area contributed by atoms with Crippen molar-refractivity contribution < 1.29 is 9.84 Å². The lowest BCUT2D eigenvalue weighted by molar-refractivity contribution is 0.347. The molecule has 0 saturated carbocycles. The summed E-state index contributed by atoms with van der Waals surface area (Å²) in [5.74, 6) is 1.93. The van der Waals surface area contributed by atoms with Gasteiger partial charge in [-0.3, -0.25) is 0 Å². The van der Waals surface area contributed by atoms with Gasteiger partial charge in [0.25, 0.3) is 0 Å². The standard InChI is InChI=1S/C22H23NO2/c1-14(2)13-25-20-12-6-10-17-15-8-5-9-16(15)21(23-22(17)20)18-7-3-4-11-19(18)24/h3-8,10-12,15-16,21,23-24H,1,9,13H2,2H3. The largest absolute Gasteiger partial charge is 0.508 e. The Morgan fingerprint density at radius 2 is 2.00 bits per heavy atom. The minimum Gasteiger partial charge on any atom is -0.508 e. The van der Waals surface area contributed by atoms with E-state index in [4.69, 9.17) is 4.74 Å². The molecule has 1 aliphatic heterocycles. The first-order chi connectivity index (χ1) is 12.1. The predicted molar refractivity (Wildman–Crippen MR) is 101 cm³/mol. The van der Waals surface area contributed by atoms with Gasteiger partial charge in [-0.2, -0.15) is 0 Å². The Hall–Kier alpha value is -2.68. The quantitative estimate of drug-likeness (QED) is 0.758. The first kappa shape index (κ1) is 15.8. The summed E-state index contributed by atoms with van der Waals surface area (Å²) in [4.78, 5) is 0. The highest BCUT2D eigenvalue weighted by Gasteiger charge is 2.39. The highest BCUT2D eigenvalue weighted by Crippen LogP contribution is 2.53. The summed E-state index contributed by atoms with van der Waals surface area (Å²) in [6, 6.07) is 13.9. The molecule has 0 radical (unpaired) electrons. The minimum absolute atomic E-state index is 0.0586. The number of phenols is 1. The van der Waals surface area contributed by atoms with E-state index in [1.54, 1.807) is 6.07 Å². The molecule has 3 unspecified atom stereocenters. The second-order valence-corrected chi connectivity index (χ2v) is 7.00.